The van der Waals surface area contributed by atoms with Crippen LogP contribution in [0.1, 0.15) is 0 Å². The summed E-state index contributed by atoms with van der Waals surface area (Å²) in [7, 11) is 1.60. The van der Waals surface area contributed by atoms with Crippen LogP contribution in [-0.2, 0) is 4.79 Å². The van der Waals surface area contributed by atoms with E-state index < -0.39 is 12.6 Å². The van der Waals surface area contributed by atoms with Gasteiger partial charge in [-0.25, -0.2) is 4.79 Å². The first-order valence-corrected chi connectivity index (χ1v) is 7.09. The maximum absolute atomic E-state index is 10.6. The lowest BCUT2D eigenvalue weighted by molar-refractivity contribution is -0.139. The van der Waals surface area contributed by atoms with Crippen molar-refractivity contribution in [2.75, 3.05) is 13.7 Å². The number of hydrogen-bond acceptors (Lipinski definition) is 6. The van der Waals surface area contributed by atoms with E-state index in [1.54, 1.807) is 43.5 Å². The molecule has 1 N–H and O–H groups in total. The van der Waals surface area contributed by atoms with Crippen molar-refractivity contribution in [3.63, 3.8) is 0 Å². The Morgan fingerprint density at radius 2 is 1.92 bits per heavy atom. The molecule has 3 aromatic rings. The molecule has 0 aliphatic rings. The first-order valence-electron chi connectivity index (χ1n) is 7.09. The van der Waals surface area contributed by atoms with Crippen molar-refractivity contribution < 1.29 is 23.9 Å². The molecule has 0 bridgehead atoms. The standard InChI is InChI=1S/C17H14N2O5/c1-22-13-7-5-11(6-8-13)17-18-16(19-24-17)12-3-2-4-14(9-12)23-10-15(20)21/h2-9H,10H2,1H3,(H,20,21). The van der Waals surface area contributed by atoms with E-state index in [0.29, 0.717) is 23.0 Å². The fraction of sp³-hybridized carbons (Fsp3) is 0.118. The molecule has 24 heavy (non-hydrogen) atoms. The zero-order valence-corrected chi connectivity index (χ0v) is 12.8. The van der Waals surface area contributed by atoms with Gasteiger partial charge in [-0.1, -0.05) is 17.3 Å². The lowest BCUT2D eigenvalue weighted by Crippen LogP contribution is -2.09. The number of carbonyl (C=O) groups is 1. The first kappa shape index (κ1) is 15.5. The number of aromatic nitrogens is 2. The molecular formula is C17H14N2O5. The number of methoxy groups -OCH3 is 1. The number of benzene rings is 2. The van der Waals surface area contributed by atoms with Gasteiger partial charge in [0.15, 0.2) is 6.61 Å². The van der Waals surface area contributed by atoms with Gasteiger partial charge in [-0.3, -0.25) is 0 Å². The van der Waals surface area contributed by atoms with Gasteiger partial charge in [0.25, 0.3) is 5.89 Å². The molecule has 0 aliphatic heterocycles. The second-order valence-electron chi connectivity index (χ2n) is 4.86. The second-order valence-corrected chi connectivity index (χ2v) is 4.86. The van der Waals surface area contributed by atoms with Crippen molar-refractivity contribution in [3.8, 4) is 34.3 Å². The third-order valence-electron chi connectivity index (χ3n) is 3.22. The minimum absolute atomic E-state index is 0.379. The number of rotatable bonds is 6. The molecule has 0 saturated heterocycles. The van der Waals surface area contributed by atoms with Gasteiger partial charge < -0.3 is 19.1 Å². The van der Waals surface area contributed by atoms with Crippen LogP contribution >= 0.6 is 0 Å². The number of aliphatic carboxylic acids is 1. The number of ether oxygens (including phenoxy) is 2. The van der Waals surface area contributed by atoms with Gasteiger partial charge in [-0.05, 0) is 36.4 Å². The molecule has 7 heteroatoms. The molecule has 3 rings (SSSR count). The molecule has 0 aliphatic carbocycles. The zero-order valence-electron chi connectivity index (χ0n) is 12.8. The highest BCUT2D eigenvalue weighted by molar-refractivity contribution is 5.68. The van der Waals surface area contributed by atoms with Gasteiger partial charge in [-0.2, -0.15) is 4.98 Å². The Bertz CT molecular complexity index is 842. The zero-order chi connectivity index (χ0) is 16.9. The molecule has 0 radical (unpaired) electrons. The van der Waals surface area contributed by atoms with Crippen molar-refractivity contribution in [3.05, 3.63) is 48.5 Å². The summed E-state index contributed by atoms with van der Waals surface area (Å²) in [4.78, 5) is 14.9. The molecule has 1 aromatic heterocycles. The molecule has 0 atom stereocenters. The number of carboxylic acids is 1. The van der Waals surface area contributed by atoms with Crippen LogP contribution in [0, 0.1) is 0 Å². The topological polar surface area (TPSA) is 94.7 Å². The van der Waals surface area contributed by atoms with Crippen LogP contribution < -0.4 is 9.47 Å². The predicted molar refractivity (Wildman–Crippen MR) is 84.9 cm³/mol. The SMILES string of the molecule is COc1ccc(-c2nc(-c3cccc(OCC(=O)O)c3)no2)cc1. The second kappa shape index (κ2) is 6.82. The predicted octanol–water partition coefficient (Wildman–Crippen LogP) is 2.88. The quantitative estimate of drug-likeness (QED) is 0.744. The summed E-state index contributed by atoms with van der Waals surface area (Å²) in [5, 5.41) is 12.6. The van der Waals surface area contributed by atoms with Crippen LogP contribution in [0.15, 0.2) is 53.1 Å². The van der Waals surface area contributed by atoms with Crippen molar-refractivity contribution in [2.45, 2.75) is 0 Å². The lowest BCUT2D eigenvalue weighted by atomic mass is 10.2. The van der Waals surface area contributed by atoms with Crippen LogP contribution in [0.3, 0.4) is 0 Å². The van der Waals surface area contributed by atoms with Crippen LogP contribution in [-0.4, -0.2) is 34.9 Å². The van der Waals surface area contributed by atoms with Gasteiger partial charge in [0, 0.05) is 11.1 Å². The first-order chi connectivity index (χ1) is 11.7. The fourth-order valence-electron chi connectivity index (χ4n) is 2.06. The molecular weight excluding hydrogens is 312 g/mol. The Kier molecular flexibility index (Phi) is 4.42. The summed E-state index contributed by atoms with van der Waals surface area (Å²) in [5.41, 5.74) is 1.44. The highest BCUT2D eigenvalue weighted by atomic mass is 16.5. The van der Waals surface area contributed by atoms with E-state index in [2.05, 4.69) is 10.1 Å². The van der Waals surface area contributed by atoms with Gasteiger partial charge in [-0.15, -0.1) is 0 Å². The fourth-order valence-corrected chi connectivity index (χ4v) is 2.06. The van der Waals surface area contributed by atoms with Crippen LogP contribution in [0.4, 0.5) is 0 Å². The molecule has 0 amide bonds. The largest absolute Gasteiger partial charge is 0.497 e. The maximum atomic E-state index is 10.6. The van der Waals surface area contributed by atoms with Gasteiger partial charge in [0.1, 0.15) is 11.5 Å². The van der Waals surface area contributed by atoms with E-state index in [1.165, 1.54) is 0 Å². The minimum atomic E-state index is -1.04. The molecule has 0 saturated carbocycles. The van der Waals surface area contributed by atoms with E-state index in [9.17, 15) is 4.79 Å². The summed E-state index contributed by atoms with van der Waals surface area (Å²) in [6.07, 6.45) is 0. The van der Waals surface area contributed by atoms with E-state index in [0.717, 1.165) is 11.3 Å². The van der Waals surface area contributed by atoms with Crippen LogP contribution in [0.25, 0.3) is 22.8 Å². The number of carboxylic acid groups (broad SMARTS) is 1. The third kappa shape index (κ3) is 3.52. The van der Waals surface area contributed by atoms with E-state index >= 15 is 0 Å². The van der Waals surface area contributed by atoms with Crippen molar-refractivity contribution in [2.24, 2.45) is 0 Å². The van der Waals surface area contributed by atoms with Crippen molar-refractivity contribution in [1.82, 2.24) is 10.1 Å². The summed E-state index contributed by atoms with van der Waals surface area (Å²) in [6, 6.07) is 14.1. The Hall–Kier alpha value is -3.35. The molecule has 0 unspecified atom stereocenters. The van der Waals surface area contributed by atoms with E-state index in [1.807, 2.05) is 12.1 Å². The molecule has 1 heterocycles. The molecule has 2 aromatic carbocycles. The van der Waals surface area contributed by atoms with Crippen molar-refractivity contribution in [1.29, 1.82) is 0 Å². The van der Waals surface area contributed by atoms with E-state index in [4.69, 9.17) is 19.1 Å². The highest BCUT2D eigenvalue weighted by Crippen LogP contribution is 2.26. The molecule has 0 spiro atoms. The Morgan fingerprint density at radius 3 is 2.62 bits per heavy atom. The Balaban J connectivity index is 1.82. The summed E-state index contributed by atoms with van der Waals surface area (Å²) < 4.78 is 15.5. The van der Waals surface area contributed by atoms with Crippen LogP contribution in [0.5, 0.6) is 11.5 Å². The Labute approximate surface area is 137 Å². The lowest BCUT2D eigenvalue weighted by Gasteiger charge is -2.03. The third-order valence-corrected chi connectivity index (χ3v) is 3.22. The van der Waals surface area contributed by atoms with Gasteiger partial charge in [0.2, 0.25) is 5.82 Å². The summed E-state index contributed by atoms with van der Waals surface area (Å²) in [6.45, 7) is -0.410. The average Bonchev–Trinajstić information content (AvgIpc) is 3.10. The van der Waals surface area contributed by atoms with Gasteiger partial charge >= 0.3 is 5.97 Å². The normalized spacial score (nSPS) is 10.4. The Morgan fingerprint density at radius 1 is 1.12 bits per heavy atom. The average molecular weight is 326 g/mol. The summed E-state index contributed by atoms with van der Waals surface area (Å²) in [5.74, 6) is 0.889. The monoisotopic (exact) mass is 326 g/mol. The van der Waals surface area contributed by atoms with Crippen molar-refractivity contribution >= 4 is 5.97 Å². The maximum Gasteiger partial charge on any atom is 0.341 e. The molecule has 7 nitrogen and oxygen atoms in total. The van der Waals surface area contributed by atoms with Gasteiger partial charge in [0.05, 0.1) is 7.11 Å². The minimum Gasteiger partial charge on any atom is -0.497 e. The highest BCUT2D eigenvalue weighted by Gasteiger charge is 2.11. The smallest absolute Gasteiger partial charge is 0.341 e. The molecule has 0 fully saturated rings. The van der Waals surface area contributed by atoms with E-state index in [-0.39, 0.29) is 0 Å². The van der Waals surface area contributed by atoms with Crippen LogP contribution in [0.2, 0.25) is 0 Å². The molecule has 122 valence electrons. The number of nitrogens with zero attached hydrogens (tertiary/aromatic N) is 2. The summed E-state index contributed by atoms with van der Waals surface area (Å²) >= 11 is 0. The number of hydrogen-bond donors (Lipinski definition) is 1.